The number of hydrogen-bond donors (Lipinski definition) is 2. The number of rotatable bonds is 6. The maximum absolute atomic E-state index is 8.87. The van der Waals surface area contributed by atoms with Crippen LogP contribution in [0.3, 0.4) is 0 Å². The van der Waals surface area contributed by atoms with E-state index < -0.39 is 0 Å². The number of anilines is 1. The summed E-state index contributed by atoms with van der Waals surface area (Å²) in [5, 5.41) is 19.9. The summed E-state index contributed by atoms with van der Waals surface area (Å²) in [5.41, 5.74) is 4.48. The van der Waals surface area contributed by atoms with Gasteiger partial charge < -0.3 is 15.4 Å². The topological polar surface area (TPSA) is 101 Å². The van der Waals surface area contributed by atoms with Gasteiger partial charge in [-0.25, -0.2) is 4.98 Å². The highest BCUT2D eigenvalue weighted by Gasteiger charge is 2.21. The predicted octanol–water partition coefficient (Wildman–Crippen LogP) is 2.31. The van der Waals surface area contributed by atoms with E-state index in [1.54, 1.807) is 16.9 Å². The van der Waals surface area contributed by atoms with Crippen molar-refractivity contribution in [2.24, 2.45) is 7.05 Å². The zero-order chi connectivity index (χ0) is 20.2. The zero-order valence-corrected chi connectivity index (χ0v) is 16.5. The number of pyridine rings is 2. The zero-order valence-electron chi connectivity index (χ0n) is 16.5. The molecule has 4 rings (SSSR count). The summed E-state index contributed by atoms with van der Waals surface area (Å²) in [6, 6.07) is 7.84. The fourth-order valence-corrected chi connectivity index (χ4v) is 3.27. The van der Waals surface area contributed by atoms with Crippen molar-refractivity contribution in [2.75, 3.05) is 25.0 Å². The molecule has 148 valence electrons. The fraction of sp³-hybridized carbons (Fsp3) is 0.333. The number of nitrogens with zero attached hydrogens (tertiary/aromatic N) is 5. The first-order valence-corrected chi connectivity index (χ1v) is 9.58. The first-order valence-electron chi connectivity index (χ1n) is 9.58. The van der Waals surface area contributed by atoms with Crippen LogP contribution in [0, 0.1) is 11.3 Å². The quantitative estimate of drug-likeness (QED) is 0.667. The van der Waals surface area contributed by atoms with E-state index >= 15 is 0 Å². The Kier molecular flexibility index (Phi) is 5.40. The van der Waals surface area contributed by atoms with Gasteiger partial charge >= 0.3 is 0 Å². The summed E-state index contributed by atoms with van der Waals surface area (Å²) in [6.07, 6.45) is 7.21. The van der Waals surface area contributed by atoms with Crippen molar-refractivity contribution in [3.63, 3.8) is 0 Å². The van der Waals surface area contributed by atoms with Crippen LogP contribution in [0.2, 0.25) is 0 Å². The second-order valence-electron chi connectivity index (χ2n) is 7.24. The molecule has 0 bridgehead atoms. The second-order valence-corrected chi connectivity index (χ2v) is 7.24. The van der Waals surface area contributed by atoms with Crippen LogP contribution in [0.1, 0.15) is 24.1 Å². The SMILES string of the molecule is CC(CNCC1CNc2cc(-c3cnn(C)c3)cnc2O1)c1ccc(C#N)cn1. The van der Waals surface area contributed by atoms with Crippen molar-refractivity contribution in [3.05, 3.63) is 54.2 Å². The third kappa shape index (κ3) is 4.36. The average molecular weight is 389 g/mol. The van der Waals surface area contributed by atoms with Crippen LogP contribution in [0.25, 0.3) is 11.1 Å². The first kappa shape index (κ1) is 18.9. The minimum absolute atomic E-state index is 0.000339. The van der Waals surface area contributed by atoms with E-state index in [-0.39, 0.29) is 12.0 Å². The number of hydrogen-bond acceptors (Lipinski definition) is 7. The number of aromatic nitrogens is 4. The van der Waals surface area contributed by atoms with Gasteiger partial charge in [0.05, 0.1) is 24.0 Å². The van der Waals surface area contributed by atoms with Crippen LogP contribution >= 0.6 is 0 Å². The maximum Gasteiger partial charge on any atom is 0.237 e. The summed E-state index contributed by atoms with van der Waals surface area (Å²) in [7, 11) is 1.90. The van der Waals surface area contributed by atoms with E-state index in [9.17, 15) is 0 Å². The minimum atomic E-state index is 0.000339. The van der Waals surface area contributed by atoms with Gasteiger partial charge in [0.2, 0.25) is 5.88 Å². The molecule has 2 atom stereocenters. The van der Waals surface area contributed by atoms with Gasteiger partial charge in [-0.15, -0.1) is 0 Å². The average Bonchev–Trinajstić information content (AvgIpc) is 3.19. The van der Waals surface area contributed by atoms with Crippen LogP contribution in [0.5, 0.6) is 5.88 Å². The molecule has 0 amide bonds. The smallest absolute Gasteiger partial charge is 0.237 e. The van der Waals surface area contributed by atoms with Crippen molar-refractivity contribution in [3.8, 4) is 23.1 Å². The number of nitriles is 1. The Morgan fingerprint density at radius 2 is 2.21 bits per heavy atom. The van der Waals surface area contributed by atoms with Crippen LogP contribution in [0.15, 0.2) is 43.0 Å². The Hall–Kier alpha value is -3.44. The van der Waals surface area contributed by atoms with Gasteiger partial charge in [0.1, 0.15) is 12.2 Å². The molecule has 0 aliphatic carbocycles. The molecule has 0 spiro atoms. The third-order valence-corrected chi connectivity index (χ3v) is 4.93. The monoisotopic (exact) mass is 389 g/mol. The lowest BCUT2D eigenvalue weighted by atomic mass is 10.1. The van der Waals surface area contributed by atoms with Crippen molar-refractivity contribution < 1.29 is 4.74 Å². The van der Waals surface area contributed by atoms with E-state index in [4.69, 9.17) is 10.00 Å². The van der Waals surface area contributed by atoms with E-state index in [2.05, 4.69) is 38.7 Å². The van der Waals surface area contributed by atoms with Crippen molar-refractivity contribution in [2.45, 2.75) is 18.9 Å². The molecule has 8 nitrogen and oxygen atoms in total. The van der Waals surface area contributed by atoms with Crippen molar-refractivity contribution in [1.29, 1.82) is 5.26 Å². The summed E-state index contributed by atoms with van der Waals surface area (Å²) in [5.74, 6) is 0.865. The van der Waals surface area contributed by atoms with Crippen molar-refractivity contribution >= 4 is 5.69 Å². The van der Waals surface area contributed by atoms with Gasteiger partial charge in [-0.2, -0.15) is 10.4 Å². The normalized spacial score (nSPS) is 16.2. The van der Waals surface area contributed by atoms with E-state index in [0.717, 1.165) is 29.1 Å². The molecule has 29 heavy (non-hydrogen) atoms. The third-order valence-electron chi connectivity index (χ3n) is 4.93. The lowest BCUT2D eigenvalue weighted by Crippen LogP contribution is -2.40. The largest absolute Gasteiger partial charge is 0.470 e. The highest BCUT2D eigenvalue weighted by molar-refractivity contribution is 5.69. The van der Waals surface area contributed by atoms with Gasteiger partial charge in [0.15, 0.2) is 0 Å². The molecule has 0 fully saturated rings. The molecule has 0 aromatic carbocycles. The maximum atomic E-state index is 8.87. The Balaban J connectivity index is 1.30. The van der Waals surface area contributed by atoms with Crippen molar-refractivity contribution in [1.82, 2.24) is 25.1 Å². The summed E-state index contributed by atoms with van der Waals surface area (Å²) in [6.45, 7) is 4.30. The second kappa shape index (κ2) is 8.29. The predicted molar refractivity (Wildman–Crippen MR) is 110 cm³/mol. The van der Waals surface area contributed by atoms with Gasteiger partial charge in [-0.05, 0) is 18.2 Å². The van der Waals surface area contributed by atoms with Crippen LogP contribution in [-0.4, -0.2) is 45.5 Å². The number of fused-ring (bicyclic) bond motifs is 1. The molecular weight excluding hydrogens is 366 g/mol. The summed E-state index contributed by atoms with van der Waals surface area (Å²) < 4.78 is 7.81. The molecule has 1 aliphatic heterocycles. The number of ether oxygens (including phenoxy) is 1. The summed E-state index contributed by atoms with van der Waals surface area (Å²) >= 11 is 0. The minimum Gasteiger partial charge on any atom is -0.470 e. The molecule has 2 unspecified atom stereocenters. The highest BCUT2D eigenvalue weighted by atomic mass is 16.5. The molecular formula is C21H23N7O. The number of nitrogens with one attached hydrogen (secondary N) is 2. The van der Waals surface area contributed by atoms with Crippen LogP contribution < -0.4 is 15.4 Å². The Morgan fingerprint density at radius 3 is 2.93 bits per heavy atom. The van der Waals surface area contributed by atoms with E-state index in [0.29, 0.717) is 24.5 Å². The molecule has 3 aromatic heterocycles. The standard InChI is InChI=1S/C21H23N7O/c1-14(19-4-3-15(6-22)8-24-19)7-23-11-18-12-25-20-5-16(9-26-21(20)29-18)17-10-27-28(2)13-17/h3-5,8-10,13-14,18,23,25H,7,11-12H2,1-2H3. The lowest BCUT2D eigenvalue weighted by Gasteiger charge is -2.27. The molecule has 2 N–H and O–H groups in total. The highest BCUT2D eigenvalue weighted by Crippen LogP contribution is 2.31. The van der Waals surface area contributed by atoms with Gasteiger partial charge in [-0.1, -0.05) is 6.92 Å². The molecule has 0 saturated heterocycles. The molecule has 3 aromatic rings. The Labute approximate surface area is 169 Å². The molecule has 1 aliphatic rings. The van der Waals surface area contributed by atoms with Gasteiger partial charge in [0, 0.05) is 61.5 Å². The first-order chi connectivity index (χ1) is 14.1. The molecule has 4 heterocycles. The molecule has 8 heteroatoms. The molecule has 0 radical (unpaired) electrons. The summed E-state index contributed by atoms with van der Waals surface area (Å²) in [4.78, 5) is 8.83. The van der Waals surface area contributed by atoms with Gasteiger partial charge in [-0.3, -0.25) is 9.67 Å². The Bertz CT molecular complexity index is 1020. The lowest BCUT2D eigenvalue weighted by molar-refractivity contribution is 0.193. The molecule has 0 saturated carbocycles. The van der Waals surface area contributed by atoms with Crippen LogP contribution in [-0.2, 0) is 7.05 Å². The number of aryl methyl sites for hydroxylation is 1. The van der Waals surface area contributed by atoms with Gasteiger partial charge in [0.25, 0.3) is 0 Å². The van der Waals surface area contributed by atoms with E-state index in [1.807, 2.05) is 37.8 Å². The fourth-order valence-electron chi connectivity index (χ4n) is 3.27. The Morgan fingerprint density at radius 1 is 1.31 bits per heavy atom. The van der Waals surface area contributed by atoms with E-state index in [1.165, 1.54) is 0 Å². The van der Waals surface area contributed by atoms with Crippen LogP contribution in [0.4, 0.5) is 5.69 Å².